The van der Waals surface area contributed by atoms with Crippen molar-refractivity contribution in [3.63, 3.8) is 0 Å². The third kappa shape index (κ3) is 3.51. The molecule has 7 nitrogen and oxygen atoms in total. The Bertz CT molecular complexity index is 669. The molecule has 134 valence electrons. The van der Waals surface area contributed by atoms with Gasteiger partial charge in [0.2, 0.25) is 0 Å². The molecule has 8 heteroatoms. The fraction of sp³-hybridized carbons (Fsp3) is 0.471. The summed E-state index contributed by atoms with van der Waals surface area (Å²) < 4.78 is 10.9. The molecule has 1 aromatic carbocycles. The van der Waals surface area contributed by atoms with Crippen molar-refractivity contribution in [2.45, 2.75) is 31.1 Å². The Hall–Kier alpha value is -2.03. The third-order valence-corrected chi connectivity index (χ3v) is 5.08. The topological polar surface area (TPSA) is 79.9 Å². The number of methoxy groups -OCH3 is 2. The second kappa shape index (κ2) is 7.47. The van der Waals surface area contributed by atoms with Gasteiger partial charge < -0.3 is 14.8 Å². The van der Waals surface area contributed by atoms with Crippen molar-refractivity contribution in [3.05, 3.63) is 35.9 Å². The zero-order chi connectivity index (χ0) is 18.0. The molecule has 0 aromatic heterocycles. The molecule has 1 aliphatic carbocycles. The molecular weight excluding hydrogens is 342 g/mol. The monoisotopic (exact) mass is 363 g/mol. The summed E-state index contributed by atoms with van der Waals surface area (Å²) in [4.78, 5) is 25.2. The zero-order valence-corrected chi connectivity index (χ0v) is 14.9. The number of fused-ring (bicyclic) bond motifs is 1. The minimum absolute atomic E-state index is 0.0974. The van der Waals surface area contributed by atoms with Gasteiger partial charge in [0.1, 0.15) is 0 Å². The summed E-state index contributed by atoms with van der Waals surface area (Å²) in [6.45, 7) is 0. The highest BCUT2D eigenvalue weighted by Gasteiger charge is 2.47. The largest absolute Gasteiger partial charge is 0.379 e. The quantitative estimate of drug-likeness (QED) is 0.773. The number of amides is 2. The van der Waals surface area contributed by atoms with Crippen LogP contribution in [0.5, 0.6) is 0 Å². The molecule has 2 N–H and O–H groups in total. The van der Waals surface area contributed by atoms with Crippen molar-refractivity contribution in [1.29, 1.82) is 0 Å². The lowest BCUT2D eigenvalue weighted by molar-refractivity contribution is -0.144. The van der Waals surface area contributed by atoms with Gasteiger partial charge in [0, 0.05) is 25.8 Å². The van der Waals surface area contributed by atoms with Gasteiger partial charge in [0.25, 0.3) is 11.8 Å². The number of hydrogen-bond donors (Lipinski definition) is 2. The zero-order valence-electron chi connectivity index (χ0n) is 14.1. The van der Waals surface area contributed by atoms with E-state index >= 15 is 0 Å². The highest BCUT2D eigenvalue weighted by atomic mass is 32.1. The van der Waals surface area contributed by atoms with Crippen LogP contribution in [0.15, 0.2) is 30.3 Å². The Kier molecular flexibility index (Phi) is 5.31. The van der Waals surface area contributed by atoms with Gasteiger partial charge in [0.05, 0.1) is 18.1 Å². The van der Waals surface area contributed by atoms with Crippen LogP contribution < -0.4 is 10.7 Å². The molecule has 2 aliphatic rings. The lowest BCUT2D eigenvalue weighted by Crippen LogP contribution is -2.67. The summed E-state index contributed by atoms with van der Waals surface area (Å²) >= 11 is 5.28. The minimum atomic E-state index is -0.384. The van der Waals surface area contributed by atoms with E-state index in [-0.39, 0.29) is 41.1 Å². The molecule has 25 heavy (non-hydrogen) atoms. The summed E-state index contributed by atoms with van der Waals surface area (Å²) in [7, 11) is 3.24. The van der Waals surface area contributed by atoms with Gasteiger partial charge in [-0.3, -0.25) is 15.0 Å². The number of nitrogens with one attached hydrogen (secondary N) is 2. The van der Waals surface area contributed by atoms with Crippen LogP contribution in [-0.2, 0) is 14.3 Å². The van der Waals surface area contributed by atoms with Crippen LogP contribution in [-0.4, -0.2) is 54.4 Å². The Labute approximate surface area is 151 Å². The second-order valence-electron chi connectivity index (χ2n) is 6.16. The molecular formula is C17H21N3O4S. The van der Waals surface area contributed by atoms with Crippen molar-refractivity contribution >= 4 is 29.1 Å². The van der Waals surface area contributed by atoms with Crippen LogP contribution in [0.4, 0.5) is 0 Å². The number of thiocarbonyl (C=S) groups is 1. The lowest BCUT2D eigenvalue weighted by atomic mass is 9.79. The van der Waals surface area contributed by atoms with E-state index in [0.717, 1.165) is 5.01 Å². The average Bonchev–Trinajstić information content (AvgIpc) is 2.64. The van der Waals surface area contributed by atoms with E-state index in [1.807, 2.05) is 6.07 Å². The van der Waals surface area contributed by atoms with Gasteiger partial charge in [-0.2, -0.15) is 5.01 Å². The summed E-state index contributed by atoms with van der Waals surface area (Å²) in [5.41, 5.74) is 3.05. The Balaban J connectivity index is 1.74. The lowest BCUT2D eigenvalue weighted by Gasteiger charge is -2.45. The van der Waals surface area contributed by atoms with E-state index in [9.17, 15) is 9.59 Å². The molecule has 1 saturated carbocycles. The molecule has 1 saturated heterocycles. The summed E-state index contributed by atoms with van der Waals surface area (Å²) in [5, 5.41) is 4.48. The summed E-state index contributed by atoms with van der Waals surface area (Å²) in [6, 6.07) is 8.56. The number of nitrogens with zero attached hydrogens (tertiary/aromatic N) is 1. The Morgan fingerprint density at radius 1 is 1.20 bits per heavy atom. The van der Waals surface area contributed by atoms with Crippen molar-refractivity contribution < 1.29 is 19.1 Å². The van der Waals surface area contributed by atoms with E-state index in [0.29, 0.717) is 18.4 Å². The standard InChI is InChI=1S/C17H21N3O4S/c1-23-13-8-11-12(9-14(13)24-2)18-17(25)20(16(11)22)19-15(21)10-6-4-3-5-7-10/h3-7,11-14H,8-9H2,1-2H3,(H,18,25)(H,19,21). The van der Waals surface area contributed by atoms with Gasteiger partial charge in [-0.05, 0) is 37.2 Å². The van der Waals surface area contributed by atoms with Gasteiger partial charge >= 0.3 is 0 Å². The number of carbonyl (C=O) groups excluding carboxylic acids is 2. The smallest absolute Gasteiger partial charge is 0.270 e. The van der Waals surface area contributed by atoms with Crippen LogP contribution in [0, 0.1) is 5.92 Å². The summed E-state index contributed by atoms with van der Waals surface area (Å²) in [5.74, 6) is -0.945. The molecule has 3 rings (SSSR count). The van der Waals surface area contributed by atoms with Crippen LogP contribution in [0.2, 0.25) is 0 Å². The molecule has 1 heterocycles. The molecule has 1 aromatic rings. The first-order valence-corrected chi connectivity index (χ1v) is 8.52. The van der Waals surface area contributed by atoms with E-state index in [2.05, 4.69) is 10.7 Å². The number of benzene rings is 1. The first-order valence-electron chi connectivity index (χ1n) is 8.11. The molecule has 1 aliphatic heterocycles. The van der Waals surface area contributed by atoms with Crippen LogP contribution in [0.3, 0.4) is 0 Å². The van der Waals surface area contributed by atoms with Crippen molar-refractivity contribution in [2.75, 3.05) is 14.2 Å². The number of rotatable bonds is 4. The van der Waals surface area contributed by atoms with E-state index in [1.165, 1.54) is 0 Å². The second-order valence-corrected chi connectivity index (χ2v) is 6.55. The normalized spacial score (nSPS) is 29.0. The molecule has 2 amide bonds. The van der Waals surface area contributed by atoms with Crippen molar-refractivity contribution in [2.24, 2.45) is 5.92 Å². The molecule has 2 fully saturated rings. The van der Waals surface area contributed by atoms with Crippen LogP contribution >= 0.6 is 12.2 Å². The van der Waals surface area contributed by atoms with E-state index < -0.39 is 0 Å². The first-order chi connectivity index (χ1) is 12.0. The maximum Gasteiger partial charge on any atom is 0.270 e. The maximum absolute atomic E-state index is 12.9. The van der Waals surface area contributed by atoms with Gasteiger partial charge in [-0.15, -0.1) is 0 Å². The molecule has 0 bridgehead atoms. The average molecular weight is 363 g/mol. The van der Waals surface area contributed by atoms with Gasteiger partial charge in [-0.25, -0.2) is 0 Å². The molecule has 0 spiro atoms. The maximum atomic E-state index is 12.9. The van der Waals surface area contributed by atoms with Gasteiger partial charge in [-0.1, -0.05) is 18.2 Å². The predicted molar refractivity (Wildman–Crippen MR) is 94.6 cm³/mol. The minimum Gasteiger partial charge on any atom is -0.379 e. The highest BCUT2D eigenvalue weighted by Crippen LogP contribution is 2.32. The Morgan fingerprint density at radius 3 is 2.48 bits per heavy atom. The summed E-state index contributed by atoms with van der Waals surface area (Å²) in [6.07, 6.45) is 0.854. The Morgan fingerprint density at radius 2 is 1.84 bits per heavy atom. The fourth-order valence-corrected chi connectivity index (χ4v) is 3.70. The van der Waals surface area contributed by atoms with Crippen LogP contribution in [0.1, 0.15) is 23.2 Å². The third-order valence-electron chi connectivity index (χ3n) is 4.78. The number of ether oxygens (including phenoxy) is 2. The van der Waals surface area contributed by atoms with Crippen molar-refractivity contribution in [3.8, 4) is 0 Å². The molecule has 4 atom stereocenters. The van der Waals surface area contributed by atoms with Gasteiger partial charge in [0.15, 0.2) is 5.11 Å². The van der Waals surface area contributed by atoms with E-state index in [4.69, 9.17) is 21.7 Å². The fourth-order valence-electron chi connectivity index (χ4n) is 3.41. The first kappa shape index (κ1) is 17.8. The number of hydrazine groups is 1. The van der Waals surface area contributed by atoms with Crippen molar-refractivity contribution in [1.82, 2.24) is 15.8 Å². The number of hydrogen-bond acceptors (Lipinski definition) is 5. The number of carbonyl (C=O) groups is 2. The van der Waals surface area contributed by atoms with E-state index in [1.54, 1.807) is 38.5 Å². The highest BCUT2D eigenvalue weighted by molar-refractivity contribution is 7.80. The predicted octanol–water partition coefficient (Wildman–Crippen LogP) is 0.857. The molecule has 4 unspecified atom stereocenters. The SMILES string of the molecule is COC1CC2NC(=S)N(NC(=O)c3ccccc3)C(=O)C2CC1OC. The van der Waals surface area contributed by atoms with Crippen LogP contribution in [0.25, 0.3) is 0 Å². The molecule has 0 radical (unpaired) electrons.